The van der Waals surface area contributed by atoms with Crippen LogP contribution in [-0.4, -0.2) is 21.0 Å². The van der Waals surface area contributed by atoms with Gasteiger partial charge in [0.1, 0.15) is 0 Å². The molecule has 0 amide bonds. The van der Waals surface area contributed by atoms with Gasteiger partial charge in [0.2, 0.25) is 0 Å². The molecule has 1 aromatic carbocycles. The summed E-state index contributed by atoms with van der Waals surface area (Å²) in [6, 6.07) is 5.07. The van der Waals surface area contributed by atoms with Gasteiger partial charge in [-0.1, -0.05) is 23.2 Å². The first kappa shape index (κ1) is 12.8. The molecule has 0 spiro atoms. The zero-order valence-electron chi connectivity index (χ0n) is 9.10. The number of carbonyl (C=O) groups is 1. The third kappa shape index (κ3) is 2.97. The van der Waals surface area contributed by atoms with Crippen LogP contribution in [-0.2, 0) is 11.2 Å². The molecule has 92 valence electrons. The van der Waals surface area contributed by atoms with Crippen LogP contribution in [0.1, 0.15) is 5.56 Å². The lowest BCUT2D eigenvalue weighted by Crippen LogP contribution is -2.01. The van der Waals surface area contributed by atoms with Crippen molar-refractivity contribution >= 4 is 29.2 Å². The minimum absolute atomic E-state index is 0.0956. The summed E-state index contributed by atoms with van der Waals surface area (Å²) in [5.74, 6) is -0.441. The third-order valence-electron chi connectivity index (χ3n) is 2.24. The van der Waals surface area contributed by atoms with Crippen LogP contribution in [0.4, 0.5) is 0 Å². The Kier molecular flexibility index (Phi) is 3.79. The summed E-state index contributed by atoms with van der Waals surface area (Å²) < 4.78 is 0. The number of benzene rings is 1. The standard InChI is InChI=1S/C12H8Cl2N2O2/c13-9-2-1-8(4-10(9)14)12-15-5-7(6-16-12)3-11(17)18/h1-2,4-6H,3H2,(H,17,18). The lowest BCUT2D eigenvalue weighted by molar-refractivity contribution is -0.136. The van der Waals surface area contributed by atoms with Crippen LogP contribution in [0.2, 0.25) is 10.0 Å². The van der Waals surface area contributed by atoms with Gasteiger partial charge >= 0.3 is 5.97 Å². The fraction of sp³-hybridized carbons (Fsp3) is 0.0833. The van der Waals surface area contributed by atoms with Gasteiger partial charge in [-0.3, -0.25) is 4.79 Å². The molecular weight excluding hydrogens is 275 g/mol. The predicted octanol–water partition coefficient (Wildman–Crippen LogP) is 3.08. The first-order valence-corrected chi connectivity index (χ1v) is 5.80. The summed E-state index contributed by atoms with van der Waals surface area (Å²) in [5, 5.41) is 9.52. The molecule has 0 fully saturated rings. The molecule has 18 heavy (non-hydrogen) atoms. The van der Waals surface area contributed by atoms with Crippen molar-refractivity contribution in [3.05, 3.63) is 46.2 Å². The number of hydrogen-bond acceptors (Lipinski definition) is 3. The maximum absolute atomic E-state index is 10.5. The summed E-state index contributed by atoms with van der Waals surface area (Å²) in [6.07, 6.45) is 2.87. The summed E-state index contributed by atoms with van der Waals surface area (Å²) in [4.78, 5) is 18.7. The van der Waals surface area contributed by atoms with Gasteiger partial charge in [0.25, 0.3) is 0 Å². The normalized spacial score (nSPS) is 10.3. The van der Waals surface area contributed by atoms with Crippen LogP contribution >= 0.6 is 23.2 Å². The van der Waals surface area contributed by atoms with E-state index in [1.807, 2.05) is 0 Å². The van der Waals surface area contributed by atoms with Crippen molar-refractivity contribution in [2.75, 3.05) is 0 Å². The number of rotatable bonds is 3. The predicted molar refractivity (Wildman–Crippen MR) is 68.8 cm³/mol. The quantitative estimate of drug-likeness (QED) is 0.940. The summed E-state index contributed by atoms with van der Waals surface area (Å²) >= 11 is 11.7. The van der Waals surface area contributed by atoms with Crippen LogP contribution in [0.5, 0.6) is 0 Å². The Morgan fingerprint density at radius 2 is 1.83 bits per heavy atom. The Morgan fingerprint density at radius 1 is 1.17 bits per heavy atom. The highest BCUT2D eigenvalue weighted by Gasteiger charge is 2.06. The van der Waals surface area contributed by atoms with Gasteiger partial charge in [0, 0.05) is 18.0 Å². The van der Waals surface area contributed by atoms with Gasteiger partial charge in [-0.15, -0.1) is 0 Å². The molecule has 0 aliphatic carbocycles. The van der Waals surface area contributed by atoms with Crippen molar-refractivity contribution in [3.8, 4) is 11.4 Å². The maximum Gasteiger partial charge on any atom is 0.307 e. The number of halogens is 2. The monoisotopic (exact) mass is 282 g/mol. The van der Waals surface area contributed by atoms with E-state index in [-0.39, 0.29) is 6.42 Å². The van der Waals surface area contributed by atoms with E-state index < -0.39 is 5.97 Å². The Bertz CT molecular complexity index is 585. The summed E-state index contributed by atoms with van der Waals surface area (Å²) in [7, 11) is 0. The van der Waals surface area contributed by atoms with E-state index in [0.29, 0.717) is 21.4 Å². The molecule has 2 aromatic rings. The molecule has 0 radical (unpaired) electrons. The second-order valence-electron chi connectivity index (χ2n) is 3.61. The fourth-order valence-electron chi connectivity index (χ4n) is 1.40. The smallest absolute Gasteiger partial charge is 0.307 e. The van der Waals surface area contributed by atoms with Gasteiger partial charge in [0.15, 0.2) is 5.82 Å². The first-order chi connectivity index (χ1) is 8.56. The molecule has 4 nitrogen and oxygen atoms in total. The number of carboxylic acids is 1. The van der Waals surface area contributed by atoms with Gasteiger partial charge in [-0.05, 0) is 23.8 Å². The number of carboxylic acid groups (broad SMARTS) is 1. The van der Waals surface area contributed by atoms with Crippen LogP contribution in [0.25, 0.3) is 11.4 Å². The average Bonchev–Trinajstić information content (AvgIpc) is 2.33. The largest absolute Gasteiger partial charge is 0.481 e. The van der Waals surface area contributed by atoms with Crippen LogP contribution in [0.15, 0.2) is 30.6 Å². The zero-order chi connectivity index (χ0) is 13.1. The molecule has 0 aliphatic heterocycles. The lowest BCUT2D eigenvalue weighted by Gasteiger charge is -2.02. The molecule has 0 saturated carbocycles. The SMILES string of the molecule is O=C(O)Cc1cnc(-c2ccc(Cl)c(Cl)c2)nc1. The topological polar surface area (TPSA) is 63.1 Å². The van der Waals surface area contributed by atoms with Crippen LogP contribution in [0.3, 0.4) is 0 Å². The summed E-state index contributed by atoms with van der Waals surface area (Å²) in [5.41, 5.74) is 1.28. The second kappa shape index (κ2) is 5.33. The molecule has 1 aromatic heterocycles. The lowest BCUT2D eigenvalue weighted by atomic mass is 10.2. The van der Waals surface area contributed by atoms with E-state index >= 15 is 0 Å². The van der Waals surface area contributed by atoms with Gasteiger partial charge in [0.05, 0.1) is 16.5 Å². The van der Waals surface area contributed by atoms with E-state index in [9.17, 15) is 4.79 Å². The Morgan fingerprint density at radius 3 is 2.39 bits per heavy atom. The molecule has 0 atom stereocenters. The van der Waals surface area contributed by atoms with Crippen molar-refractivity contribution in [2.45, 2.75) is 6.42 Å². The highest BCUT2D eigenvalue weighted by Crippen LogP contribution is 2.26. The van der Waals surface area contributed by atoms with Gasteiger partial charge in [-0.25, -0.2) is 9.97 Å². The fourth-order valence-corrected chi connectivity index (χ4v) is 1.70. The van der Waals surface area contributed by atoms with E-state index in [1.54, 1.807) is 18.2 Å². The Hall–Kier alpha value is -1.65. The number of aliphatic carboxylic acids is 1. The summed E-state index contributed by atoms with van der Waals surface area (Å²) in [6.45, 7) is 0. The minimum Gasteiger partial charge on any atom is -0.481 e. The minimum atomic E-state index is -0.916. The van der Waals surface area contributed by atoms with Crippen LogP contribution in [0, 0.1) is 0 Å². The molecule has 1 N–H and O–H groups in total. The first-order valence-electron chi connectivity index (χ1n) is 5.04. The second-order valence-corrected chi connectivity index (χ2v) is 4.43. The van der Waals surface area contributed by atoms with Gasteiger partial charge < -0.3 is 5.11 Å². The number of aromatic nitrogens is 2. The van der Waals surface area contributed by atoms with E-state index in [2.05, 4.69) is 9.97 Å². The van der Waals surface area contributed by atoms with Crippen LogP contribution < -0.4 is 0 Å². The molecule has 6 heteroatoms. The molecule has 0 unspecified atom stereocenters. The zero-order valence-corrected chi connectivity index (χ0v) is 10.6. The van der Waals surface area contributed by atoms with E-state index in [0.717, 1.165) is 5.56 Å². The van der Waals surface area contributed by atoms with Crippen molar-refractivity contribution in [3.63, 3.8) is 0 Å². The Balaban J connectivity index is 2.28. The van der Waals surface area contributed by atoms with E-state index in [4.69, 9.17) is 28.3 Å². The molecule has 2 rings (SSSR count). The maximum atomic E-state index is 10.5. The van der Waals surface area contributed by atoms with E-state index in [1.165, 1.54) is 12.4 Å². The van der Waals surface area contributed by atoms with Crippen molar-refractivity contribution in [1.82, 2.24) is 9.97 Å². The van der Waals surface area contributed by atoms with Crippen molar-refractivity contribution in [1.29, 1.82) is 0 Å². The third-order valence-corrected chi connectivity index (χ3v) is 2.98. The molecule has 0 aliphatic rings. The highest BCUT2D eigenvalue weighted by molar-refractivity contribution is 6.42. The molecular formula is C12H8Cl2N2O2. The molecule has 0 bridgehead atoms. The van der Waals surface area contributed by atoms with Crippen molar-refractivity contribution < 1.29 is 9.90 Å². The number of hydrogen-bond donors (Lipinski definition) is 1. The average molecular weight is 283 g/mol. The van der Waals surface area contributed by atoms with Gasteiger partial charge in [-0.2, -0.15) is 0 Å². The molecule has 0 saturated heterocycles. The molecule has 1 heterocycles. The van der Waals surface area contributed by atoms with Crippen molar-refractivity contribution in [2.24, 2.45) is 0 Å². The highest BCUT2D eigenvalue weighted by atomic mass is 35.5. The number of nitrogens with zero attached hydrogens (tertiary/aromatic N) is 2. The Labute approximate surface area is 113 Å².